The summed E-state index contributed by atoms with van der Waals surface area (Å²) in [6.45, 7) is 0. The average molecular weight is 375 g/mol. The molecule has 4 unspecified atom stereocenters. The molecule has 2 aromatic rings. The van der Waals surface area contributed by atoms with Gasteiger partial charge in [-0.2, -0.15) is 0 Å². The molecular weight excluding hydrogens is 350 g/mol. The number of amides is 2. The molecule has 28 heavy (non-hydrogen) atoms. The van der Waals surface area contributed by atoms with Crippen molar-refractivity contribution in [2.24, 2.45) is 23.7 Å². The maximum Gasteiger partial charge on any atom is 0.228 e. The topological polar surface area (TPSA) is 71.1 Å². The monoisotopic (exact) mass is 375 g/mol. The van der Waals surface area contributed by atoms with Gasteiger partial charge in [0.25, 0.3) is 0 Å². The number of allylic oxidation sites excluding steroid dienone is 2. The minimum atomic E-state index is -0.302. The van der Waals surface area contributed by atoms with E-state index in [-0.39, 0.29) is 41.5 Å². The molecule has 0 spiro atoms. The number of anilines is 1. The van der Waals surface area contributed by atoms with Crippen molar-refractivity contribution in [2.75, 3.05) is 5.32 Å². The van der Waals surface area contributed by atoms with Gasteiger partial charge in [-0.15, -0.1) is 0 Å². The van der Waals surface area contributed by atoms with E-state index in [0.29, 0.717) is 0 Å². The van der Waals surface area contributed by atoms with Crippen molar-refractivity contribution in [3.63, 3.8) is 0 Å². The molecule has 3 aliphatic carbocycles. The molecule has 5 nitrogen and oxygen atoms in total. The Morgan fingerprint density at radius 2 is 1.68 bits per heavy atom. The van der Waals surface area contributed by atoms with Crippen molar-refractivity contribution in [3.05, 3.63) is 48.7 Å². The van der Waals surface area contributed by atoms with Crippen LogP contribution < -0.4 is 10.6 Å². The van der Waals surface area contributed by atoms with Gasteiger partial charge in [-0.25, -0.2) is 0 Å². The lowest BCUT2D eigenvalue weighted by atomic mass is 9.81. The first-order chi connectivity index (χ1) is 13.7. The van der Waals surface area contributed by atoms with E-state index in [1.165, 1.54) is 12.8 Å². The van der Waals surface area contributed by atoms with Crippen molar-refractivity contribution >= 4 is 28.4 Å². The quantitative estimate of drug-likeness (QED) is 0.801. The third kappa shape index (κ3) is 2.99. The van der Waals surface area contributed by atoms with Gasteiger partial charge in [0.1, 0.15) is 0 Å². The third-order valence-electron chi connectivity index (χ3n) is 6.67. The van der Waals surface area contributed by atoms with E-state index in [1.807, 2.05) is 30.3 Å². The first-order valence-electron chi connectivity index (χ1n) is 10.3. The molecule has 4 atom stereocenters. The van der Waals surface area contributed by atoms with Crippen molar-refractivity contribution in [1.82, 2.24) is 10.3 Å². The normalized spacial score (nSPS) is 28.7. The van der Waals surface area contributed by atoms with E-state index in [4.69, 9.17) is 0 Å². The van der Waals surface area contributed by atoms with E-state index in [1.54, 1.807) is 6.20 Å². The summed E-state index contributed by atoms with van der Waals surface area (Å²) >= 11 is 0. The number of nitrogens with zero attached hydrogens (tertiary/aromatic N) is 1. The Hall–Kier alpha value is -2.69. The lowest BCUT2D eigenvalue weighted by molar-refractivity contribution is -0.133. The molecule has 1 heterocycles. The fraction of sp³-hybridized carbons (Fsp3) is 0.435. The molecule has 2 fully saturated rings. The zero-order valence-corrected chi connectivity index (χ0v) is 15.8. The number of hydrogen-bond donors (Lipinski definition) is 2. The maximum absolute atomic E-state index is 13.3. The SMILES string of the molecule is O=C(Nc1cccc2ncccc12)C1C2C=CC(C2)C1C(=O)NC1CCCC1. The molecule has 144 valence electrons. The smallest absolute Gasteiger partial charge is 0.228 e. The number of nitrogens with one attached hydrogen (secondary N) is 2. The van der Waals surface area contributed by atoms with Crippen LogP contribution in [0.15, 0.2) is 48.7 Å². The van der Waals surface area contributed by atoms with Gasteiger partial charge >= 0.3 is 0 Å². The van der Waals surface area contributed by atoms with Gasteiger partial charge in [0.05, 0.1) is 23.0 Å². The van der Waals surface area contributed by atoms with Crippen LogP contribution in [0.4, 0.5) is 5.69 Å². The highest BCUT2D eigenvalue weighted by molar-refractivity contribution is 6.03. The number of benzene rings is 1. The second-order valence-corrected chi connectivity index (χ2v) is 8.35. The van der Waals surface area contributed by atoms with Gasteiger partial charge in [0.15, 0.2) is 0 Å². The predicted octanol–water partition coefficient (Wildman–Crippen LogP) is 3.67. The van der Waals surface area contributed by atoms with Gasteiger partial charge in [0, 0.05) is 17.6 Å². The van der Waals surface area contributed by atoms with Gasteiger partial charge < -0.3 is 10.6 Å². The fourth-order valence-corrected chi connectivity index (χ4v) is 5.33. The van der Waals surface area contributed by atoms with E-state index in [0.717, 1.165) is 35.9 Å². The highest BCUT2D eigenvalue weighted by Gasteiger charge is 2.51. The Morgan fingerprint density at radius 3 is 2.46 bits per heavy atom. The van der Waals surface area contributed by atoms with E-state index < -0.39 is 0 Å². The summed E-state index contributed by atoms with van der Waals surface area (Å²) < 4.78 is 0. The first-order valence-corrected chi connectivity index (χ1v) is 10.3. The Kier molecular flexibility index (Phi) is 4.38. The van der Waals surface area contributed by atoms with Crippen molar-refractivity contribution < 1.29 is 9.59 Å². The Balaban J connectivity index is 1.38. The summed E-state index contributed by atoms with van der Waals surface area (Å²) in [6.07, 6.45) is 11.4. The van der Waals surface area contributed by atoms with Crippen LogP contribution in [-0.4, -0.2) is 22.8 Å². The molecule has 0 aliphatic heterocycles. The second-order valence-electron chi connectivity index (χ2n) is 8.35. The van der Waals surface area contributed by atoms with Crippen LogP contribution >= 0.6 is 0 Å². The average Bonchev–Trinajstić information content (AvgIpc) is 3.45. The van der Waals surface area contributed by atoms with E-state index in [9.17, 15) is 9.59 Å². The molecule has 0 saturated heterocycles. The Morgan fingerprint density at radius 1 is 0.929 bits per heavy atom. The van der Waals surface area contributed by atoms with Crippen LogP contribution in [-0.2, 0) is 9.59 Å². The Bertz CT molecular complexity index is 943. The molecule has 5 rings (SSSR count). The molecule has 1 aromatic carbocycles. The summed E-state index contributed by atoms with van der Waals surface area (Å²) in [4.78, 5) is 30.6. The van der Waals surface area contributed by atoms with Crippen LogP contribution in [0.5, 0.6) is 0 Å². The zero-order chi connectivity index (χ0) is 19.1. The molecule has 1 aromatic heterocycles. The van der Waals surface area contributed by atoms with Crippen molar-refractivity contribution in [3.8, 4) is 0 Å². The van der Waals surface area contributed by atoms with Gasteiger partial charge in [0.2, 0.25) is 11.8 Å². The molecule has 2 amide bonds. The summed E-state index contributed by atoms with van der Waals surface area (Å²) in [6, 6.07) is 9.85. The van der Waals surface area contributed by atoms with Crippen molar-refractivity contribution in [1.29, 1.82) is 0 Å². The molecule has 2 bridgehead atoms. The lowest BCUT2D eigenvalue weighted by Gasteiger charge is -2.27. The first kappa shape index (κ1) is 17.4. The summed E-state index contributed by atoms with van der Waals surface area (Å²) in [5.41, 5.74) is 1.61. The van der Waals surface area contributed by atoms with Crippen LogP contribution in [0.2, 0.25) is 0 Å². The maximum atomic E-state index is 13.3. The standard InChI is InChI=1S/C23H25N3O2/c27-22(25-16-5-1-2-6-16)20-14-10-11-15(13-14)21(20)23(28)26-19-9-3-8-18-17(19)7-4-12-24-18/h3-4,7-12,14-16,20-21H,1-2,5-6,13H2,(H,25,27)(H,26,28). The number of aromatic nitrogens is 1. The van der Waals surface area contributed by atoms with E-state index >= 15 is 0 Å². The largest absolute Gasteiger partial charge is 0.353 e. The third-order valence-corrected chi connectivity index (χ3v) is 6.67. The summed E-state index contributed by atoms with van der Waals surface area (Å²) in [5.74, 6) is -0.232. The molecule has 3 aliphatic rings. The Labute approximate surface area is 164 Å². The van der Waals surface area contributed by atoms with Gasteiger partial charge in [-0.3, -0.25) is 14.6 Å². The lowest BCUT2D eigenvalue weighted by Crippen LogP contribution is -2.44. The van der Waals surface area contributed by atoms with Crippen LogP contribution in [0.3, 0.4) is 0 Å². The van der Waals surface area contributed by atoms with Crippen LogP contribution in [0, 0.1) is 23.7 Å². The van der Waals surface area contributed by atoms with E-state index in [2.05, 4.69) is 27.8 Å². The number of pyridine rings is 1. The number of rotatable bonds is 4. The molecule has 5 heteroatoms. The molecule has 2 saturated carbocycles. The predicted molar refractivity (Wildman–Crippen MR) is 108 cm³/mol. The number of fused-ring (bicyclic) bond motifs is 3. The molecule has 2 N–H and O–H groups in total. The zero-order valence-electron chi connectivity index (χ0n) is 15.8. The van der Waals surface area contributed by atoms with Crippen LogP contribution in [0.25, 0.3) is 10.9 Å². The van der Waals surface area contributed by atoms with Gasteiger partial charge in [-0.05, 0) is 55.4 Å². The number of hydrogen-bond acceptors (Lipinski definition) is 3. The fourth-order valence-electron chi connectivity index (χ4n) is 5.33. The molecule has 0 radical (unpaired) electrons. The second kappa shape index (κ2) is 7.04. The van der Waals surface area contributed by atoms with Crippen molar-refractivity contribution in [2.45, 2.75) is 38.1 Å². The molecular formula is C23H25N3O2. The highest BCUT2D eigenvalue weighted by Crippen LogP contribution is 2.48. The van der Waals surface area contributed by atoms with Gasteiger partial charge in [-0.1, -0.05) is 31.1 Å². The van der Waals surface area contributed by atoms with Crippen LogP contribution in [0.1, 0.15) is 32.1 Å². The summed E-state index contributed by atoms with van der Waals surface area (Å²) in [7, 11) is 0. The minimum Gasteiger partial charge on any atom is -0.353 e. The minimum absolute atomic E-state index is 0.0558. The summed E-state index contributed by atoms with van der Waals surface area (Å²) in [5, 5.41) is 7.24. The highest BCUT2D eigenvalue weighted by atomic mass is 16.2. The number of carbonyl (C=O) groups excluding carboxylic acids is 2. The number of carbonyl (C=O) groups is 2.